The number of Topliss-reactive ketones (excluding diaryl/α,β-unsaturated/α-hetero) is 1. The van der Waals surface area contributed by atoms with Gasteiger partial charge < -0.3 is 9.72 Å². The van der Waals surface area contributed by atoms with Gasteiger partial charge in [0.15, 0.2) is 5.78 Å². The Bertz CT molecular complexity index is 658. The molecule has 19 heavy (non-hydrogen) atoms. The maximum Gasteiger partial charge on any atom is 0.248 e. The predicted molar refractivity (Wildman–Crippen MR) is 75.0 cm³/mol. The highest BCUT2D eigenvalue weighted by Crippen LogP contribution is 2.26. The molecule has 1 aromatic heterocycles. The fraction of sp³-hybridized carbons (Fsp3) is 0.333. The third-order valence-electron chi connectivity index (χ3n) is 2.99. The smallest absolute Gasteiger partial charge is 0.248 e. The molecular weight excluding hydrogens is 242 g/mol. The van der Waals surface area contributed by atoms with E-state index in [0.29, 0.717) is 23.4 Å². The van der Waals surface area contributed by atoms with Crippen molar-refractivity contribution in [2.24, 2.45) is 0 Å². The number of unbranched alkanes of at least 4 members (excludes halogenated alkanes) is 1. The molecule has 0 aliphatic carbocycles. The van der Waals surface area contributed by atoms with Gasteiger partial charge in [-0.25, -0.2) is 0 Å². The summed E-state index contributed by atoms with van der Waals surface area (Å²) in [5.74, 6) is 0.586. The van der Waals surface area contributed by atoms with E-state index in [2.05, 4.69) is 11.9 Å². The first kappa shape index (κ1) is 13.3. The first-order valence-electron chi connectivity index (χ1n) is 6.43. The Morgan fingerprint density at radius 3 is 2.74 bits per heavy atom. The molecule has 0 amide bonds. The van der Waals surface area contributed by atoms with Crippen LogP contribution in [0.1, 0.15) is 37.0 Å². The van der Waals surface area contributed by atoms with E-state index < -0.39 is 0 Å². The fourth-order valence-corrected chi connectivity index (χ4v) is 1.98. The molecule has 4 nitrogen and oxygen atoms in total. The van der Waals surface area contributed by atoms with Gasteiger partial charge in [-0.3, -0.25) is 9.59 Å². The van der Waals surface area contributed by atoms with Gasteiger partial charge in [-0.2, -0.15) is 0 Å². The minimum Gasteiger partial charge on any atom is -0.491 e. The summed E-state index contributed by atoms with van der Waals surface area (Å²) in [5.41, 5.74) is 0.985. The molecule has 2 aromatic rings. The predicted octanol–water partition coefficient (Wildman–Crippen LogP) is 2.91. The van der Waals surface area contributed by atoms with Gasteiger partial charge in [0.2, 0.25) is 5.56 Å². The second kappa shape index (κ2) is 5.69. The fourth-order valence-electron chi connectivity index (χ4n) is 1.98. The van der Waals surface area contributed by atoms with Gasteiger partial charge in [0.1, 0.15) is 5.75 Å². The number of aromatic amines is 1. The summed E-state index contributed by atoms with van der Waals surface area (Å²) in [5, 5.41) is 0.723. The number of aromatic nitrogens is 1. The second-order valence-electron chi connectivity index (χ2n) is 4.48. The van der Waals surface area contributed by atoms with Gasteiger partial charge >= 0.3 is 0 Å². The summed E-state index contributed by atoms with van der Waals surface area (Å²) in [4.78, 5) is 25.8. The van der Waals surface area contributed by atoms with Crippen molar-refractivity contribution in [1.29, 1.82) is 0 Å². The Kier molecular flexibility index (Phi) is 4.00. The number of hydrogen-bond donors (Lipinski definition) is 1. The van der Waals surface area contributed by atoms with Gasteiger partial charge in [0.05, 0.1) is 12.1 Å². The molecule has 0 bridgehead atoms. The first-order chi connectivity index (χ1) is 9.13. The van der Waals surface area contributed by atoms with E-state index in [1.54, 1.807) is 18.2 Å². The van der Waals surface area contributed by atoms with Crippen LogP contribution in [0.4, 0.5) is 0 Å². The van der Waals surface area contributed by atoms with Crippen molar-refractivity contribution in [3.8, 4) is 5.75 Å². The quantitative estimate of drug-likeness (QED) is 0.663. The molecule has 0 fully saturated rings. The Labute approximate surface area is 111 Å². The second-order valence-corrected chi connectivity index (χ2v) is 4.48. The van der Waals surface area contributed by atoms with Crippen molar-refractivity contribution >= 4 is 16.7 Å². The molecule has 0 aliphatic heterocycles. The highest BCUT2D eigenvalue weighted by Gasteiger charge is 2.10. The van der Waals surface area contributed by atoms with E-state index in [1.807, 2.05) is 0 Å². The molecule has 0 atom stereocenters. The summed E-state index contributed by atoms with van der Waals surface area (Å²) in [6, 6.07) is 6.57. The molecule has 4 heteroatoms. The van der Waals surface area contributed by atoms with Gasteiger partial charge in [0.25, 0.3) is 0 Å². The summed E-state index contributed by atoms with van der Waals surface area (Å²) < 4.78 is 5.67. The average Bonchev–Trinajstić information content (AvgIpc) is 2.38. The van der Waals surface area contributed by atoms with Crippen LogP contribution in [0.5, 0.6) is 5.75 Å². The Morgan fingerprint density at radius 1 is 1.26 bits per heavy atom. The number of carbonyl (C=O) groups is 1. The monoisotopic (exact) mass is 259 g/mol. The number of ketones is 1. The van der Waals surface area contributed by atoms with Crippen molar-refractivity contribution in [2.45, 2.75) is 26.7 Å². The van der Waals surface area contributed by atoms with Gasteiger partial charge in [-0.15, -0.1) is 0 Å². The lowest BCUT2D eigenvalue weighted by Gasteiger charge is -2.10. The van der Waals surface area contributed by atoms with E-state index in [1.165, 1.54) is 13.0 Å². The maximum absolute atomic E-state index is 11.6. The van der Waals surface area contributed by atoms with E-state index in [4.69, 9.17) is 4.74 Å². The lowest BCUT2D eigenvalue weighted by atomic mass is 10.0. The van der Waals surface area contributed by atoms with Crippen molar-refractivity contribution in [2.75, 3.05) is 6.61 Å². The van der Waals surface area contributed by atoms with Crippen LogP contribution in [0.15, 0.2) is 29.1 Å². The van der Waals surface area contributed by atoms with Crippen LogP contribution in [0.25, 0.3) is 10.9 Å². The van der Waals surface area contributed by atoms with E-state index in [-0.39, 0.29) is 11.3 Å². The number of benzene rings is 1. The van der Waals surface area contributed by atoms with E-state index in [9.17, 15) is 9.59 Å². The van der Waals surface area contributed by atoms with Crippen LogP contribution in [-0.4, -0.2) is 17.4 Å². The van der Waals surface area contributed by atoms with E-state index in [0.717, 1.165) is 18.2 Å². The Morgan fingerprint density at radius 2 is 2.05 bits per heavy atom. The van der Waals surface area contributed by atoms with Crippen LogP contribution in [0, 0.1) is 0 Å². The standard InChI is InChI=1S/C15H17NO3/c1-3-4-9-19-13-7-5-11(10(2)17)12-6-8-14(18)16-15(12)13/h5-8H,3-4,9H2,1-2H3,(H,16,18). The molecule has 1 N–H and O–H groups in total. The molecule has 2 rings (SSSR count). The average molecular weight is 259 g/mol. The van der Waals surface area contributed by atoms with Crippen LogP contribution >= 0.6 is 0 Å². The zero-order valence-corrected chi connectivity index (χ0v) is 11.2. The van der Waals surface area contributed by atoms with Gasteiger partial charge in [-0.1, -0.05) is 13.3 Å². The molecule has 0 aliphatic rings. The Hall–Kier alpha value is -2.10. The molecule has 0 saturated carbocycles. The minimum absolute atomic E-state index is 0.0304. The SMILES string of the molecule is CCCCOc1ccc(C(C)=O)c2ccc(=O)[nH]c12. The van der Waals surface area contributed by atoms with Crippen LogP contribution in [-0.2, 0) is 0 Å². The molecule has 0 saturated heterocycles. The highest BCUT2D eigenvalue weighted by atomic mass is 16.5. The third-order valence-corrected chi connectivity index (χ3v) is 2.99. The van der Waals surface area contributed by atoms with Crippen molar-refractivity contribution < 1.29 is 9.53 Å². The van der Waals surface area contributed by atoms with Gasteiger partial charge in [-0.05, 0) is 31.5 Å². The largest absolute Gasteiger partial charge is 0.491 e. The highest BCUT2D eigenvalue weighted by molar-refractivity contribution is 6.07. The van der Waals surface area contributed by atoms with Crippen molar-refractivity contribution in [3.63, 3.8) is 0 Å². The third kappa shape index (κ3) is 2.84. The lowest BCUT2D eigenvalue weighted by molar-refractivity contribution is 0.101. The Balaban J connectivity index is 2.54. The minimum atomic E-state index is -0.200. The maximum atomic E-state index is 11.6. The van der Waals surface area contributed by atoms with Crippen LogP contribution < -0.4 is 10.3 Å². The molecule has 0 spiro atoms. The number of ether oxygens (including phenoxy) is 1. The molecule has 0 unspecified atom stereocenters. The molecular formula is C15H17NO3. The van der Waals surface area contributed by atoms with Crippen LogP contribution in [0.2, 0.25) is 0 Å². The van der Waals surface area contributed by atoms with Crippen molar-refractivity contribution in [3.05, 3.63) is 40.2 Å². The lowest BCUT2D eigenvalue weighted by Crippen LogP contribution is -2.07. The number of H-pyrrole nitrogens is 1. The number of rotatable bonds is 5. The van der Waals surface area contributed by atoms with E-state index >= 15 is 0 Å². The summed E-state index contributed by atoms with van der Waals surface area (Å²) in [7, 11) is 0. The topological polar surface area (TPSA) is 59.2 Å². The number of nitrogens with one attached hydrogen (secondary N) is 1. The zero-order chi connectivity index (χ0) is 13.8. The molecule has 1 heterocycles. The normalized spacial score (nSPS) is 10.6. The number of fused-ring (bicyclic) bond motifs is 1. The molecule has 0 radical (unpaired) electrons. The zero-order valence-electron chi connectivity index (χ0n) is 11.2. The van der Waals surface area contributed by atoms with Crippen LogP contribution in [0.3, 0.4) is 0 Å². The summed E-state index contributed by atoms with van der Waals surface area (Å²) in [6.45, 7) is 4.20. The number of carbonyl (C=O) groups excluding carboxylic acids is 1. The van der Waals surface area contributed by atoms with Gasteiger partial charge in [0, 0.05) is 17.0 Å². The molecule has 1 aromatic carbocycles. The number of pyridine rings is 1. The number of hydrogen-bond acceptors (Lipinski definition) is 3. The first-order valence-corrected chi connectivity index (χ1v) is 6.43. The molecule has 100 valence electrons. The summed E-state index contributed by atoms with van der Waals surface area (Å²) >= 11 is 0. The summed E-state index contributed by atoms with van der Waals surface area (Å²) in [6.07, 6.45) is 1.99. The van der Waals surface area contributed by atoms with Crippen molar-refractivity contribution in [1.82, 2.24) is 4.98 Å².